The van der Waals surface area contributed by atoms with E-state index < -0.39 is 5.41 Å². The first-order valence-electron chi connectivity index (χ1n) is 16.4. The number of hydrogen-bond acceptors (Lipinski definition) is 1. The van der Waals surface area contributed by atoms with E-state index in [4.69, 9.17) is 0 Å². The largest absolute Gasteiger partial charge is 0.310 e. The average Bonchev–Trinajstić information content (AvgIpc) is 3.40. The molecule has 8 rings (SSSR count). The summed E-state index contributed by atoms with van der Waals surface area (Å²) in [6.45, 7) is 9.05. The lowest BCUT2D eigenvalue weighted by molar-refractivity contribution is 0.768. The van der Waals surface area contributed by atoms with Crippen LogP contribution in [0, 0.1) is 13.8 Å². The molecule has 0 N–H and O–H groups in total. The van der Waals surface area contributed by atoms with Gasteiger partial charge in [-0.05, 0) is 102 Å². The Bertz CT molecular complexity index is 2190. The third kappa shape index (κ3) is 4.72. The lowest BCUT2D eigenvalue weighted by Crippen LogP contribution is -2.29. The SMILES string of the molecule is Cc1ccc(N(c2cccc(P(C)C)c2)c2cc3c(c4ccccc24)-c2ccc(C)cc2C3(c2ccccc2)c2ccccc2)cc1. The molecule has 0 heterocycles. The Kier molecular flexibility index (Phi) is 7.31. The smallest absolute Gasteiger partial charge is 0.0714 e. The second-order valence-corrected chi connectivity index (χ2v) is 15.3. The molecule has 0 spiro atoms. The third-order valence-corrected chi connectivity index (χ3v) is 11.1. The maximum Gasteiger partial charge on any atom is 0.0714 e. The van der Waals surface area contributed by atoms with Crippen LogP contribution in [0.4, 0.5) is 17.1 Å². The lowest BCUT2D eigenvalue weighted by atomic mass is 9.67. The summed E-state index contributed by atoms with van der Waals surface area (Å²) in [6.07, 6.45) is 0. The highest BCUT2D eigenvalue weighted by molar-refractivity contribution is 7.64. The number of aryl methyl sites for hydroxylation is 2. The summed E-state index contributed by atoms with van der Waals surface area (Å²) in [7, 11) is -0.256. The van der Waals surface area contributed by atoms with Gasteiger partial charge in [-0.1, -0.05) is 146 Å². The molecule has 0 atom stereocenters. The summed E-state index contributed by atoms with van der Waals surface area (Å²) >= 11 is 0. The van der Waals surface area contributed by atoms with Crippen molar-refractivity contribution in [3.63, 3.8) is 0 Å². The molecule has 7 aromatic carbocycles. The highest BCUT2D eigenvalue weighted by Crippen LogP contribution is 2.59. The molecule has 0 fully saturated rings. The number of nitrogens with zero attached hydrogens (tertiary/aromatic N) is 1. The molecule has 0 radical (unpaired) electrons. The minimum atomic E-state index is -0.486. The first-order chi connectivity index (χ1) is 23.0. The number of hydrogen-bond donors (Lipinski definition) is 0. The second-order valence-electron chi connectivity index (χ2n) is 13.0. The van der Waals surface area contributed by atoms with Crippen LogP contribution >= 0.6 is 7.92 Å². The fraction of sp³-hybridized carbons (Fsp3) is 0.111. The molecule has 0 aromatic heterocycles. The predicted octanol–water partition coefficient (Wildman–Crippen LogP) is 11.7. The zero-order valence-electron chi connectivity index (χ0n) is 27.4. The maximum absolute atomic E-state index is 2.51. The van der Waals surface area contributed by atoms with Gasteiger partial charge in [0.05, 0.1) is 11.1 Å². The van der Waals surface area contributed by atoms with Gasteiger partial charge < -0.3 is 4.90 Å². The Morgan fingerprint density at radius 1 is 0.489 bits per heavy atom. The quantitative estimate of drug-likeness (QED) is 0.167. The number of fused-ring (bicyclic) bond motifs is 5. The van der Waals surface area contributed by atoms with E-state index in [0.29, 0.717) is 0 Å². The zero-order chi connectivity index (χ0) is 32.1. The Labute approximate surface area is 279 Å². The number of benzene rings is 7. The summed E-state index contributed by atoms with van der Waals surface area (Å²) in [6, 6.07) is 59.0. The van der Waals surface area contributed by atoms with Crippen molar-refractivity contribution in [1.29, 1.82) is 0 Å². The molecule has 1 aliphatic carbocycles. The van der Waals surface area contributed by atoms with Gasteiger partial charge in [0, 0.05) is 16.8 Å². The highest BCUT2D eigenvalue weighted by Gasteiger charge is 2.47. The van der Waals surface area contributed by atoms with E-state index in [1.165, 1.54) is 72.0 Å². The molecular formula is C45H38NP. The van der Waals surface area contributed by atoms with Crippen LogP contribution in [-0.2, 0) is 5.41 Å². The molecule has 1 nitrogen and oxygen atoms in total. The molecular weight excluding hydrogens is 585 g/mol. The summed E-state index contributed by atoms with van der Waals surface area (Å²) in [5, 5.41) is 3.92. The summed E-state index contributed by atoms with van der Waals surface area (Å²) < 4.78 is 0. The minimum absolute atomic E-state index is 0.256. The van der Waals surface area contributed by atoms with E-state index >= 15 is 0 Å². The van der Waals surface area contributed by atoms with Crippen LogP contribution in [0.5, 0.6) is 0 Å². The maximum atomic E-state index is 2.51. The van der Waals surface area contributed by atoms with Crippen molar-refractivity contribution in [3.8, 4) is 11.1 Å². The molecule has 2 heteroatoms. The van der Waals surface area contributed by atoms with E-state index in [2.05, 4.69) is 190 Å². The van der Waals surface area contributed by atoms with Crippen LogP contribution in [0.25, 0.3) is 21.9 Å². The van der Waals surface area contributed by atoms with Gasteiger partial charge in [-0.25, -0.2) is 0 Å². The highest BCUT2D eigenvalue weighted by atomic mass is 31.1. The van der Waals surface area contributed by atoms with E-state index in [1.807, 2.05) is 0 Å². The van der Waals surface area contributed by atoms with Crippen molar-refractivity contribution in [1.82, 2.24) is 0 Å². The lowest BCUT2D eigenvalue weighted by Gasteiger charge is -2.35. The normalized spacial score (nSPS) is 13.0. The number of anilines is 3. The molecule has 47 heavy (non-hydrogen) atoms. The fourth-order valence-electron chi connectivity index (χ4n) is 7.65. The van der Waals surface area contributed by atoms with Gasteiger partial charge in [0.25, 0.3) is 0 Å². The summed E-state index contributed by atoms with van der Waals surface area (Å²) in [5.74, 6) is 0. The Morgan fingerprint density at radius 3 is 1.77 bits per heavy atom. The first kappa shape index (κ1) is 29.4. The fourth-order valence-corrected chi connectivity index (χ4v) is 8.43. The predicted molar refractivity (Wildman–Crippen MR) is 204 cm³/mol. The van der Waals surface area contributed by atoms with Crippen molar-refractivity contribution < 1.29 is 0 Å². The summed E-state index contributed by atoms with van der Waals surface area (Å²) in [5.41, 5.74) is 13.4. The topological polar surface area (TPSA) is 3.24 Å². The number of rotatable bonds is 6. The van der Waals surface area contributed by atoms with Crippen molar-refractivity contribution in [3.05, 3.63) is 191 Å². The van der Waals surface area contributed by atoms with Gasteiger partial charge in [-0.2, -0.15) is 0 Å². The molecule has 0 aliphatic heterocycles. The Balaban J connectivity index is 1.54. The van der Waals surface area contributed by atoms with Crippen molar-refractivity contribution in [2.24, 2.45) is 0 Å². The zero-order valence-corrected chi connectivity index (χ0v) is 28.3. The molecule has 0 saturated heterocycles. The van der Waals surface area contributed by atoms with Gasteiger partial charge >= 0.3 is 0 Å². The van der Waals surface area contributed by atoms with Gasteiger partial charge in [0.1, 0.15) is 0 Å². The molecule has 228 valence electrons. The van der Waals surface area contributed by atoms with Crippen molar-refractivity contribution in [2.45, 2.75) is 19.3 Å². The van der Waals surface area contributed by atoms with Crippen LogP contribution in [0.15, 0.2) is 158 Å². The van der Waals surface area contributed by atoms with E-state index in [1.54, 1.807) is 0 Å². The van der Waals surface area contributed by atoms with Gasteiger partial charge in [-0.15, -0.1) is 0 Å². The minimum Gasteiger partial charge on any atom is -0.310 e. The molecule has 7 aromatic rings. The van der Waals surface area contributed by atoms with E-state index in [0.717, 1.165) is 5.69 Å². The average molecular weight is 624 g/mol. The van der Waals surface area contributed by atoms with Crippen molar-refractivity contribution in [2.75, 3.05) is 18.2 Å². The monoisotopic (exact) mass is 623 g/mol. The van der Waals surface area contributed by atoms with E-state index in [9.17, 15) is 0 Å². The van der Waals surface area contributed by atoms with Crippen LogP contribution in [0.2, 0.25) is 0 Å². The van der Waals surface area contributed by atoms with Gasteiger partial charge in [0.2, 0.25) is 0 Å². The summed E-state index contributed by atoms with van der Waals surface area (Å²) in [4.78, 5) is 2.49. The molecule has 1 aliphatic rings. The van der Waals surface area contributed by atoms with Crippen LogP contribution < -0.4 is 10.2 Å². The Morgan fingerprint density at radius 2 is 1.11 bits per heavy atom. The van der Waals surface area contributed by atoms with Crippen LogP contribution in [0.3, 0.4) is 0 Å². The molecule has 0 amide bonds. The van der Waals surface area contributed by atoms with Gasteiger partial charge in [0.15, 0.2) is 0 Å². The van der Waals surface area contributed by atoms with Crippen LogP contribution in [-0.4, -0.2) is 13.3 Å². The molecule has 0 unspecified atom stereocenters. The molecule has 0 saturated carbocycles. The van der Waals surface area contributed by atoms with Crippen molar-refractivity contribution >= 4 is 41.1 Å². The second kappa shape index (κ2) is 11.7. The standard InChI is InChI=1S/C45H38NP/c1-31-22-25-35(26-23-31)46(36-18-13-19-37(29-36)47(3)4)43-30-42-44(39-21-12-11-20-38(39)43)40-27-24-32(2)28-41(40)45(42,33-14-7-5-8-15-33)34-16-9-6-10-17-34/h5-30H,1-4H3. The van der Waals surface area contributed by atoms with Gasteiger partial charge in [-0.3, -0.25) is 0 Å². The van der Waals surface area contributed by atoms with E-state index in [-0.39, 0.29) is 7.92 Å². The third-order valence-electron chi connectivity index (χ3n) is 9.83. The first-order valence-corrected chi connectivity index (χ1v) is 18.6. The Hall–Kier alpha value is -4.97. The molecule has 0 bridgehead atoms. The van der Waals surface area contributed by atoms with Crippen LogP contribution in [0.1, 0.15) is 33.4 Å².